The lowest BCUT2D eigenvalue weighted by Crippen LogP contribution is -2.04. The van der Waals surface area contributed by atoms with E-state index in [0.29, 0.717) is 11.8 Å². The Labute approximate surface area is 88.6 Å². The van der Waals surface area contributed by atoms with E-state index < -0.39 is 0 Å². The molecule has 0 saturated heterocycles. The van der Waals surface area contributed by atoms with Crippen LogP contribution in [0, 0.1) is 11.8 Å². The van der Waals surface area contributed by atoms with Crippen molar-refractivity contribution in [3.8, 4) is 0 Å². The molecule has 0 N–H and O–H groups in total. The van der Waals surface area contributed by atoms with Gasteiger partial charge in [-0.15, -0.1) is 0 Å². The minimum absolute atomic E-state index is 0.0508. The van der Waals surface area contributed by atoms with Crippen LogP contribution in [-0.4, -0.2) is 13.1 Å². The molecule has 0 amide bonds. The molecule has 1 saturated carbocycles. The van der Waals surface area contributed by atoms with Gasteiger partial charge in [-0.3, -0.25) is 4.79 Å². The smallest absolute Gasteiger partial charge is 0.309 e. The summed E-state index contributed by atoms with van der Waals surface area (Å²) in [5, 5.41) is 0. The van der Waals surface area contributed by atoms with Gasteiger partial charge in [0.1, 0.15) is 0 Å². The lowest BCUT2D eigenvalue weighted by Gasteiger charge is -2.07. The van der Waals surface area contributed by atoms with Crippen LogP contribution in [0.5, 0.6) is 0 Å². The van der Waals surface area contributed by atoms with Gasteiger partial charge in [-0.2, -0.15) is 0 Å². The molecular formula is C13H12O2. The highest BCUT2D eigenvalue weighted by molar-refractivity contribution is 5.81. The van der Waals surface area contributed by atoms with E-state index in [2.05, 4.69) is 24.3 Å². The molecular weight excluding hydrogens is 188 g/mol. The highest BCUT2D eigenvalue weighted by atomic mass is 16.5. The van der Waals surface area contributed by atoms with Gasteiger partial charge in [-0.25, -0.2) is 0 Å². The molecule has 0 bridgehead atoms. The molecule has 3 rings (SSSR count). The number of benzene rings is 1. The normalized spacial score (nSPS) is 30.3. The maximum atomic E-state index is 11.5. The predicted octanol–water partition coefficient (Wildman–Crippen LogP) is 2.22. The quantitative estimate of drug-likeness (QED) is 0.650. The maximum absolute atomic E-state index is 11.5. The zero-order valence-corrected chi connectivity index (χ0v) is 8.51. The van der Waals surface area contributed by atoms with Crippen molar-refractivity contribution in [2.24, 2.45) is 11.8 Å². The number of hydrogen-bond donors (Lipinski definition) is 0. The zero-order valence-electron chi connectivity index (χ0n) is 8.51. The Bertz CT molecular complexity index is 448. The molecule has 2 nitrogen and oxygen atoms in total. The summed E-state index contributed by atoms with van der Waals surface area (Å²) in [5.74, 6) is 0.701. The number of rotatable bonds is 1. The van der Waals surface area contributed by atoms with E-state index in [0.717, 1.165) is 0 Å². The van der Waals surface area contributed by atoms with Gasteiger partial charge >= 0.3 is 5.97 Å². The van der Waals surface area contributed by atoms with Gasteiger partial charge in [-0.1, -0.05) is 36.4 Å². The highest BCUT2D eigenvalue weighted by Gasteiger charge is 2.56. The van der Waals surface area contributed by atoms with Crippen molar-refractivity contribution in [3.05, 3.63) is 41.5 Å². The maximum Gasteiger partial charge on any atom is 0.309 e. The number of esters is 1. The lowest BCUT2D eigenvalue weighted by atomic mass is 9.97. The Hall–Kier alpha value is -1.57. The largest absolute Gasteiger partial charge is 0.469 e. The van der Waals surface area contributed by atoms with Crippen LogP contribution in [0.15, 0.2) is 30.3 Å². The van der Waals surface area contributed by atoms with Crippen LogP contribution >= 0.6 is 0 Å². The molecule has 3 atom stereocenters. The van der Waals surface area contributed by atoms with Crippen molar-refractivity contribution in [1.82, 2.24) is 0 Å². The Morgan fingerprint density at radius 3 is 2.93 bits per heavy atom. The van der Waals surface area contributed by atoms with Crippen molar-refractivity contribution in [2.75, 3.05) is 7.11 Å². The Morgan fingerprint density at radius 2 is 2.13 bits per heavy atom. The molecule has 1 fully saturated rings. The van der Waals surface area contributed by atoms with Crippen molar-refractivity contribution in [1.29, 1.82) is 0 Å². The Kier molecular flexibility index (Phi) is 1.72. The standard InChI is InChI=1S/C13H12O2/c1-15-13(14)12-10-7-6-8-4-2-3-5-9(8)11(10)12/h2-7,10-12H,1H3/t10-,11+,12-/m0/s1. The van der Waals surface area contributed by atoms with E-state index in [1.54, 1.807) is 0 Å². The van der Waals surface area contributed by atoms with Crippen molar-refractivity contribution >= 4 is 12.0 Å². The van der Waals surface area contributed by atoms with Crippen molar-refractivity contribution < 1.29 is 9.53 Å². The van der Waals surface area contributed by atoms with E-state index in [4.69, 9.17) is 4.74 Å². The van der Waals surface area contributed by atoms with Gasteiger partial charge in [-0.05, 0) is 17.0 Å². The monoisotopic (exact) mass is 200 g/mol. The molecule has 0 unspecified atom stereocenters. The summed E-state index contributed by atoms with van der Waals surface area (Å²) in [4.78, 5) is 11.5. The van der Waals surface area contributed by atoms with Gasteiger partial charge in [0, 0.05) is 5.92 Å². The lowest BCUT2D eigenvalue weighted by molar-refractivity contribution is -0.142. The first-order valence-electron chi connectivity index (χ1n) is 5.18. The van der Waals surface area contributed by atoms with Gasteiger partial charge in [0.2, 0.25) is 0 Å². The average Bonchev–Trinajstić information content (AvgIpc) is 3.02. The number of allylic oxidation sites excluding steroid dienone is 1. The molecule has 2 aliphatic rings. The molecule has 15 heavy (non-hydrogen) atoms. The molecule has 1 aromatic carbocycles. The van der Waals surface area contributed by atoms with Crippen molar-refractivity contribution in [3.63, 3.8) is 0 Å². The zero-order chi connectivity index (χ0) is 10.4. The highest BCUT2D eigenvalue weighted by Crippen LogP contribution is 2.58. The molecule has 0 radical (unpaired) electrons. The SMILES string of the molecule is COC(=O)[C@H]1[C@H]2C=Cc3ccccc3[C@H]21. The summed E-state index contributed by atoms with van der Waals surface area (Å²) >= 11 is 0. The van der Waals surface area contributed by atoms with Gasteiger partial charge in [0.25, 0.3) is 0 Å². The average molecular weight is 200 g/mol. The fourth-order valence-corrected chi connectivity index (χ4v) is 2.60. The van der Waals surface area contributed by atoms with Crippen LogP contribution < -0.4 is 0 Å². The molecule has 1 aromatic rings. The first-order valence-corrected chi connectivity index (χ1v) is 5.18. The molecule has 2 heteroatoms. The second-order valence-corrected chi connectivity index (χ2v) is 4.14. The number of hydrogen-bond acceptors (Lipinski definition) is 2. The number of carbonyl (C=O) groups excluding carboxylic acids is 1. The second-order valence-electron chi connectivity index (χ2n) is 4.14. The number of fused-ring (bicyclic) bond motifs is 3. The molecule has 76 valence electrons. The van der Waals surface area contributed by atoms with E-state index in [1.807, 2.05) is 12.1 Å². The number of methoxy groups -OCH3 is 1. The molecule has 0 aromatic heterocycles. The van der Waals surface area contributed by atoms with Gasteiger partial charge in [0.05, 0.1) is 13.0 Å². The second kappa shape index (κ2) is 2.96. The molecule has 2 aliphatic carbocycles. The van der Waals surface area contributed by atoms with Crippen LogP contribution in [0.4, 0.5) is 0 Å². The van der Waals surface area contributed by atoms with E-state index >= 15 is 0 Å². The third-order valence-corrected chi connectivity index (χ3v) is 3.40. The van der Waals surface area contributed by atoms with E-state index in [1.165, 1.54) is 18.2 Å². The first-order chi connectivity index (χ1) is 7.33. The van der Waals surface area contributed by atoms with Crippen LogP contribution in [0.1, 0.15) is 17.0 Å². The molecule has 0 heterocycles. The minimum Gasteiger partial charge on any atom is -0.469 e. The van der Waals surface area contributed by atoms with Crippen LogP contribution in [0.3, 0.4) is 0 Å². The topological polar surface area (TPSA) is 26.3 Å². The number of carbonyl (C=O) groups is 1. The van der Waals surface area contributed by atoms with Crippen molar-refractivity contribution in [2.45, 2.75) is 5.92 Å². The third kappa shape index (κ3) is 1.14. The molecule has 0 aliphatic heterocycles. The van der Waals surface area contributed by atoms with Crippen LogP contribution in [-0.2, 0) is 9.53 Å². The van der Waals surface area contributed by atoms with Gasteiger partial charge < -0.3 is 4.74 Å². The summed E-state index contributed by atoms with van der Waals surface area (Å²) in [7, 11) is 1.46. The summed E-state index contributed by atoms with van der Waals surface area (Å²) < 4.78 is 4.81. The fourth-order valence-electron chi connectivity index (χ4n) is 2.60. The minimum atomic E-state index is -0.0775. The van der Waals surface area contributed by atoms with Crippen LogP contribution in [0.25, 0.3) is 6.08 Å². The third-order valence-electron chi connectivity index (χ3n) is 3.40. The van der Waals surface area contributed by atoms with Crippen LogP contribution in [0.2, 0.25) is 0 Å². The first kappa shape index (κ1) is 8.72. The Morgan fingerprint density at radius 1 is 1.33 bits per heavy atom. The summed E-state index contributed by atoms with van der Waals surface area (Å²) in [5.41, 5.74) is 2.53. The molecule has 0 spiro atoms. The summed E-state index contributed by atoms with van der Waals surface area (Å²) in [6, 6.07) is 8.26. The van der Waals surface area contributed by atoms with E-state index in [-0.39, 0.29) is 11.9 Å². The van der Waals surface area contributed by atoms with Gasteiger partial charge in [0.15, 0.2) is 0 Å². The summed E-state index contributed by atoms with van der Waals surface area (Å²) in [6.45, 7) is 0. The Balaban J connectivity index is 1.98. The summed E-state index contributed by atoms with van der Waals surface area (Å²) in [6.07, 6.45) is 4.24. The fraction of sp³-hybridized carbons (Fsp3) is 0.308. The van der Waals surface area contributed by atoms with E-state index in [9.17, 15) is 4.79 Å². The predicted molar refractivity (Wildman–Crippen MR) is 57.2 cm³/mol. The number of ether oxygens (including phenoxy) is 1.